The Bertz CT molecular complexity index is 3620. The molecule has 12 aromatic rings. The Morgan fingerprint density at radius 3 is 1.68 bits per heavy atom. The first-order chi connectivity index (χ1) is 30.7. The molecule has 0 saturated heterocycles. The van der Waals surface area contributed by atoms with Crippen molar-refractivity contribution in [2.45, 2.75) is 0 Å². The van der Waals surface area contributed by atoms with Crippen LogP contribution >= 0.6 is 0 Å². The molecule has 0 radical (unpaired) electrons. The van der Waals surface area contributed by atoms with E-state index in [1.807, 2.05) is 0 Å². The molecule has 12 rings (SSSR count). The molecule has 0 fully saturated rings. The van der Waals surface area contributed by atoms with Gasteiger partial charge in [-0.2, -0.15) is 0 Å². The minimum absolute atomic E-state index is 1.09. The third-order valence-corrected chi connectivity index (χ3v) is 12.5. The predicted octanol–water partition coefficient (Wildman–Crippen LogP) is 16.7. The highest BCUT2D eigenvalue weighted by Crippen LogP contribution is 2.45. The van der Waals surface area contributed by atoms with Crippen LogP contribution in [0.3, 0.4) is 0 Å². The van der Waals surface area contributed by atoms with Crippen molar-refractivity contribution in [2.24, 2.45) is 0 Å². The number of rotatable bonds is 7. The van der Waals surface area contributed by atoms with E-state index in [2.05, 4.69) is 252 Å². The Labute approximate surface area is 360 Å². The summed E-state index contributed by atoms with van der Waals surface area (Å²) in [5, 5.41) is 9.89. The summed E-state index contributed by atoms with van der Waals surface area (Å²) < 4.78 is 2.42. The smallest absolute Gasteiger partial charge is 0.0547 e. The lowest BCUT2D eigenvalue weighted by Crippen LogP contribution is -2.10. The fourth-order valence-corrected chi connectivity index (χ4v) is 9.60. The zero-order valence-electron chi connectivity index (χ0n) is 34.0. The summed E-state index contributed by atoms with van der Waals surface area (Å²) in [5.41, 5.74) is 14.1. The van der Waals surface area contributed by atoms with Crippen LogP contribution in [-0.2, 0) is 0 Å². The van der Waals surface area contributed by atoms with Crippen LogP contribution in [0.1, 0.15) is 0 Å². The van der Waals surface area contributed by atoms with Gasteiger partial charge in [0.1, 0.15) is 0 Å². The average molecular weight is 789 g/mol. The molecule has 0 unspecified atom stereocenters. The van der Waals surface area contributed by atoms with Crippen molar-refractivity contribution >= 4 is 71.2 Å². The molecular formula is C60H40N2. The van der Waals surface area contributed by atoms with E-state index in [0.29, 0.717) is 0 Å². The molecule has 0 aliphatic carbocycles. The van der Waals surface area contributed by atoms with Crippen molar-refractivity contribution in [3.63, 3.8) is 0 Å². The van der Waals surface area contributed by atoms with E-state index in [1.165, 1.54) is 87.5 Å². The third-order valence-electron chi connectivity index (χ3n) is 12.5. The van der Waals surface area contributed by atoms with E-state index in [-0.39, 0.29) is 0 Å². The molecule has 1 heterocycles. The number of anilines is 3. The van der Waals surface area contributed by atoms with E-state index in [1.54, 1.807) is 0 Å². The van der Waals surface area contributed by atoms with E-state index < -0.39 is 0 Å². The van der Waals surface area contributed by atoms with Gasteiger partial charge in [0, 0.05) is 33.2 Å². The molecule has 11 aromatic carbocycles. The van der Waals surface area contributed by atoms with E-state index in [9.17, 15) is 0 Å². The topological polar surface area (TPSA) is 8.17 Å². The van der Waals surface area contributed by atoms with Crippen molar-refractivity contribution in [3.8, 4) is 39.1 Å². The predicted molar refractivity (Wildman–Crippen MR) is 264 cm³/mol. The second-order valence-electron chi connectivity index (χ2n) is 16.1. The second-order valence-corrected chi connectivity index (χ2v) is 16.1. The molecule has 0 saturated carbocycles. The van der Waals surface area contributed by atoms with Crippen molar-refractivity contribution in [1.29, 1.82) is 0 Å². The Morgan fingerprint density at radius 1 is 0.290 bits per heavy atom. The number of benzene rings is 11. The molecule has 0 spiro atoms. The highest BCUT2D eigenvalue weighted by molar-refractivity contribution is 6.17. The van der Waals surface area contributed by atoms with Gasteiger partial charge < -0.3 is 9.47 Å². The molecule has 2 heteroatoms. The van der Waals surface area contributed by atoms with E-state index >= 15 is 0 Å². The average Bonchev–Trinajstić information content (AvgIpc) is 3.69. The molecule has 0 atom stereocenters. The molecule has 62 heavy (non-hydrogen) atoms. The minimum Gasteiger partial charge on any atom is -0.310 e. The number of hydrogen-bond acceptors (Lipinski definition) is 1. The fourth-order valence-electron chi connectivity index (χ4n) is 9.60. The summed E-state index contributed by atoms with van der Waals surface area (Å²) in [6.07, 6.45) is 0. The van der Waals surface area contributed by atoms with Gasteiger partial charge in [-0.25, -0.2) is 0 Å². The first kappa shape index (κ1) is 35.7. The molecule has 0 aliphatic heterocycles. The summed E-state index contributed by atoms with van der Waals surface area (Å²) in [6, 6.07) is 88.5. The Morgan fingerprint density at radius 2 is 0.871 bits per heavy atom. The first-order valence-electron chi connectivity index (χ1n) is 21.3. The molecule has 2 nitrogen and oxygen atoms in total. The zero-order chi connectivity index (χ0) is 41.0. The van der Waals surface area contributed by atoms with Crippen LogP contribution in [0.2, 0.25) is 0 Å². The van der Waals surface area contributed by atoms with E-state index in [0.717, 1.165) is 22.7 Å². The van der Waals surface area contributed by atoms with Crippen molar-refractivity contribution in [1.82, 2.24) is 4.57 Å². The minimum atomic E-state index is 1.09. The van der Waals surface area contributed by atoms with Gasteiger partial charge in [-0.1, -0.05) is 188 Å². The highest BCUT2D eigenvalue weighted by Gasteiger charge is 2.20. The molecule has 0 N–H and O–H groups in total. The summed E-state index contributed by atoms with van der Waals surface area (Å²) in [7, 11) is 0. The Hall–Kier alpha value is -8.20. The van der Waals surface area contributed by atoms with Gasteiger partial charge in [-0.3, -0.25) is 0 Å². The molecule has 290 valence electrons. The summed E-state index contributed by atoms with van der Waals surface area (Å²) in [4.78, 5) is 2.44. The van der Waals surface area contributed by atoms with E-state index in [4.69, 9.17) is 0 Å². The highest BCUT2D eigenvalue weighted by atomic mass is 15.1. The molecule has 0 amide bonds. The monoisotopic (exact) mass is 788 g/mol. The van der Waals surface area contributed by atoms with Crippen LogP contribution in [0.4, 0.5) is 17.1 Å². The van der Waals surface area contributed by atoms with Gasteiger partial charge in [0.25, 0.3) is 0 Å². The van der Waals surface area contributed by atoms with Crippen LogP contribution in [0, 0.1) is 0 Å². The lowest BCUT2D eigenvalue weighted by atomic mass is 9.97. The van der Waals surface area contributed by atoms with Gasteiger partial charge in [0.05, 0.1) is 16.7 Å². The normalized spacial score (nSPS) is 11.5. The third kappa shape index (κ3) is 6.04. The maximum atomic E-state index is 2.44. The molecular weight excluding hydrogens is 749 g/mol. The standard InChI is InChI=1S/C60H40N2/c1-2-14-41(15-3-1)43-28-30-44(31-29-43)47-19-12-20-50(38-47)61(59-40-48-18-6-7-21-52(48)54-22-8-9-23-55(54)59)49-35-33-45(34-36-49)53-25-13-27-58-60(53)56-24-10-11-26-57(56)62(58)51-37-32-42-16-4-5-17-46(42)39-51/h1-40H. The van der Waals surface area contributed by atoms with Crippen LogP contribution < -0.4 is 4.90 Å². The quantitative estimate of drug-likeness (QED) is 0.146. The van der Waals surface area contributed by atoms with Crippen molar-refractivity contribution in [2.75, 3.05) is 4.90 Å². The Kier molecular flexibility index (Phi) is 8.53. The van der Waals surface area contributed by atoms with Crippen LogP contribution in [0.15, 0.2) is 243 Å². The van der Waals surface area contributed by atoms with Gasteiger partial charge in [0.15, 0.2) is 0 Å². The summed E-state index contributed by atoms with van der Waals surface area (Å²) in [5.74, 6) is 0. The number of aromatic nitrogens is 1. The van der Waals surface area contributed by atoms with Crippen LogP contribution in [-0.4, -0.2) is 4.57 Å². The molecule has 1 aromatic heterocycles. The first-order valence-corrected chi connectivity index (χ1v) is 21.3. The maximum Gasteiger partial charge on any atom is 0.0547 e. The van der Waals surface area contributed by atoms with Gasteiger partial charge in [0.2, 0.25) is 0 Å². The van der Waals surface area contributed by atoms with Crippen molar-refractivity contribution < 1.29 is 0 Å². The number of para-hydroxylation sites is 1. The largest absolute Gasteiger partial charge is 0.310 e. The molecule has 0 bridgehead atoms. The fraction of sp³-hybridized carbons (Fsp3) is 0. The Balaban J connectivity index is 1.01. The van der Waals surface area contributed by atoms with Crippen LogP contribution in [0.25, 0.3) is 93.2 Å². The summed E-state index contributed by atoms with van der Waals surface area (Å²) >= 11 is 0. The summed E-state index contributed by atoms with van der Waals surface area (Å²) in [6.45, 7) is 0. The lowest BCUT2D eigenvalue weighted by molar-refractivity contribution is 1.19. The van der Waals surface area contributed by atoms with Crippen LogP contribution in [0.5, 0.6) is 0 Å². The maximum absolute atomic E-state index is 2.44. The molecule has 0 aliphatic rings. The zero-order valence-corrected chi connectivity index (χ0v) is 34.0. The van der Waals surface area contributed by atoms with Crippen molar-refractivity contribution in [3.05, 3.63) is 243 Å². The van der Waals surface area contributed by atoms with Gasteiger partial charge in [-0.05, 0) is 115 Å². The van der Waals surface area contributed by atoms with Gasteiger partial charge in [-0.15, -0.1) is 0 Å². The van der Waals surface area contributed by atoms with Gasteiger partial charge >= 0.3 is 0 Å². The lowest BCUT2D eigenvalue weighted by Gasteiger charge is -2.28. The second kappa shape index (κ2) is 14.8. The number of hydrogen-bond donors (Lipinski definition) is 0. The number of fused-ring (bicyclic) bond motifs is 7. The SMILES string of the molecule is c1ccc(-c2ccc(-c3cccc(N(c4ccc(-c5cccc6c5c5ccccc5n6-c5ccc6ccccc6c5)cc4)c4cc5ccccc5c5ccccc45)c3)cc2)cc1. The number of nitrogens with zero attached hydrogens (tertiary/aromatic N) is 2.